The number of nitro groups is 2. The largest absolute Gasteiger partial charge is 0.395 e. The Kier molecular flexibility index (Phi) is 8.84. The van der Waals surface area contributed by atoms with Crippen LogP contribution in [0.5, 0.6) is 0 Å². The molecule has 2 fully saturated rings. The molecule has 2 saturated heterocycles. The molecule has 0 radical (unpaired) electrons. The molecule has 204 valence electrons. The fourth-order valence-electron chi connectivity index (χ4n) is 5.03. The number of hydrogen-bond donors (Lipinski definition) is 2. The Balaban J connectivity index is 1.70. The summed E-state index contributed by atoms with van der Waals surface area (Å²) < 4.78 is 0. The molecule has 0 unspecified atom stereocenters. The summed E-state index contributed by atoms with van der Waals surface area (Å²) in [6, 6.07) is 8.34. The van der Waals surface area contributed by atoms with Crippen molar-refractivity contribution in [1.82, 2.24) is 9.80 Å². The summed E-state index contributed by atoms with van der Waals surface area (Å²) in [6.07, 6.45) is 0. The Morgan fingerprint density at radius 2 is 1.05 bits per heavy atom. The summed E-state index contributed by atoms with van der Waals surface area (Å²) >= 11 is 0. The number of aliphatic hydroxyl groups excluding tert-OH is 2. The number of aliphatic hydroxyl groups is 2. The van der Waals surface area contributed by atoms with Crippen molar-refractivity contribution in [3.05, 3.63) is 67.8 Å². The molecule has 2 aromatic carbocycles. The Morgan fingerprint density at radius 3 is 1.37 bits per heavy atom. The zero-order chi connectivity index (χ0) is 27.2. The molecular weight excluding hydrogens is 496 g/mol. The molecule has 0 atom stereocenters. The highest BCUT2D eigenvalue weighted by Gasteiger charge is 2.28. The van der Waals surface area contributed by atoms with Crippen LogP contribution in [0, 0.1) is 20.2 Å². The van der Waals surface area contributed by atoms with Crippen molar-refractivity contribution in [1.29, 1.82) is 0 Å². The first-order valence-corrected chi connectivity index (χ1v) is 12.6. The lowest BCUT2D eigenvalue weighted by atomic mass is 9.97. The lowest BCUT2D eigenvalue weighted by Gasteiger charge is -2.37. The minimum absolute atomic E-state index is 0.0394. The molecule has 13 heteroatoms. The fraction of sp³-hybridized carbons (Fsp3) is 0.480. The maximum Gasteiger partial charge on any atom is 0.271 e. The van der Waals surface area contributed by atoms with Gasteiger partial charge in [-0.3, -0.25) is 34.8 Å². The molecule has 2 aliphatic heterocycles. The van der Waals surface area contributed by atoms with Crippen LogP contribution in [-0.4, -0.2) is 114 Å². The van der Waals surface area contributed by atoms with Crippen molar-refractivity contribution >= 4 is 28.5 Å². The van der Waals surface area contributed by atoms with Gasteiger partial charge in [-0.15, -0.1) is 0 Å². The molecule has 0 aromatic heterocycles. The molecule has 2 heterocycles. The molecule has 2 aliphatic rings. The van der Waals surface area contributed by atoms with Crippen molar-refractivity contribution in [3.63, 3.8) is 0 Å². The standard InChI is InChI=1S/C25H32N6O7/c32-15-13-26-5-9-28(10-6-26)23-17-19(30(35)36)1-3-21(23)25(34)22-4-2-20(31(37)38)18-24(22)29-11-7-27(8-12-29)14-16-33/h1-4,17-18,32-33H,5-16H2. The van der Waals surface area contributed by atoms with Gasteiger partial charge in [0.25, 0.3) is 11.4 Å². The normalized spacial score (nSPS) is 17.0. The molecular formula is C25H32N6O7. The quantitative estimate of drug-likeness (QED) is 0.257. The number of β-amino-alcohol motifs (C(OH)–C–C–N with tert-alkyl or cyclic N) is 2. The van der Waals surface area contributed by atoms with E-state index in [2.05, 4.69) is 9.80 Å². The van der Waals surface area contributed by atoms with Crippen molar-refractivity contribution < 1.29 is 24.9 Å². The number of nitro benzene ring substituents is 2. The van der Waals surface area contributed by atoms with E-state index in [1.165, 1.54) is 36.4 Å². The SMILES string of the molecule is O=C(c1ccc([N+](=O)[O-])cc1N1CCN(CCO)CC1)c1ccc([N+](=O)[O-])cc1N1CCN(CCO)CC1. The number of hydrogen-bond acceptors (Lipinski definition) is 11. The van der Waals surface area contributed by atoms with Crippen molar-refractivity contribution in [3.8, 4) is 0 Å². The molecule has 0 saturated carbocycles. The number of nitrogens with zero attached hydrogens (tertiary/aromatic N) is 6. The molecule has 0 amide bonds. The molecule has 2 aromatic rings. The van der Waals surface area contributed by atoms with Crippen LogP contribution in [0.25, 0.3) is 0 Å². The summed E-state index contributed by atoms with van der Waals surface area (Å²) in [6.45, 7) is 5.81. The summed E-state index contributed by atoms with van der Waals surface area (Å²) in [5, 5.41) is 41.5. The average Bonchev–Trinajstić information content (AvgIpc) is 2.93. The van der Waals surface area contributed by atoms with E-state index in [1.807, 2.05) is 9.80 Å². The van der Waals surface area contributed by atoms with E-state index in [4.69, 9.17) is 0 Å². The van der Waals surface area contributed by atoms with Gasteiger partial charge in [0.15, 0.2) is 5.78 Å². The van der Waals surface area contributed by atoms with Gasteiger partial charge < -0.3 is 20.0 Å². The number of carbonyl (C=O) groups excluding carboxylic acids is 1. The molecule has 4 rings (SSSR count). The van der Waals surface area contributed by atoms with Gasteiger partial charge in [0.05, 0.1) is 34.4 Å². The average molecular weight is 529 g/mol. The highest BCUT2D eigenvalue weighted by Crippen LogP contribution is 2.34. The fourth-order valence-corrected chi connectivity index (χ4v) is 5.03. The van der Waals surface area contributed by atoms with Crippen LogP contribution in [0.4, 0.5) is 22.7 Å². The van der Waals surface area contributed by atoms with Gasteiger partial charge >= 0.3 is 0 Å². The van der Waals surface area contributed by atoms with Gasteiger partial charge in [-0.1, -0.05) is 0 Å². The van der Waals surface area contributed by atoms with Gasteiger partial charge in [0, 0.05) is 101 Å². The Morgan fingerprint density at radius 1 is 0.684 bits per heavy atom. The summed E-state index contributed by atoms with van der Waals surface area (Å²) in [7, 11) is 0. The lowest BCUT2D eigenvalue weighted by molar-refractivity contribution is -0.385. The first-order valence-electron chi connectivity index (χ1n) is 12.6. The maximum absolute atomic E-state index is 14.0. The number of piperazine rings is 2. The van der Waals surface area contributed by atoms with E-state index in [-0.39, 0.29) is 30.4 Å². The van der Waals surface area contributed by atoms with E-state index < -0.39 is 9.85 Å². The first-order chi connectivity index (χ1) is 18.3. The molecule has 0 bridgehead atoms. The predicted octanol–water partition coefficient (Wildman–Crippen LogP) is 0.963. The molecule has 0 aliphatic carbocycles. The summed E-state index contributed by atoms with van der Waals surface area (Å²) in [5.74, 6) is -0.365. The van der Waals surface area contributed by atoms with Gasteiger partial charge in [0.1, 0.15) is 0 Å². The second-order valence-electron chi connectivity index (χ2n) is 9.35. The van der Waals surface area contributed by atoms with Gasteiger partial charge in [-0.25, -0.2) is 0 Å². The Labute approximate surface area is 219 Å². The number of anilines is 2. The molecule has 2 N–H and O–H groups in total. The lowest BCUT2D eigenvalue weighted by Crippen LogP contribution is -2.48. The third kappa shape index (κ3) is 6.07. The summed E-state index contributed by atoms with van der Waals surface area (Å²) in [4.78, 5) is 44.1. The Hall–Kier alpha value is -3.65. The van der Waals surface area contributed by atoms with Gasteiger partial charge in [0.2, 0.25) is 0 Å². The zero-order valence-corrected chi connectivity index (χ0v) is 21.1. The Bertz CT molecular complexity index is 1090. The van der Waals surface area contributed by atoms with Gasteiger partial charge in [-0.2, -0.15) is 0 Å². The summed E-state index contributed by atoms with van der Waals surface area (Å²) in [5.41, 5.74) is 1.23. The predicted molar refractivity (Wildman–Crippen MR) is 141 cm³/mol. The van der Waals surface area contributed by atoms with E-state index in [1.54, 1.807) is 0 Å². The number of ketones is 1. The highest BCUT2D eigenvalue weighted by atomic mass is 16.6. The van der Waals surface area contributed by atoms with Crippen LogP contribution in [0.2, 0.25) is 0 Å². The minimum atomic E-state index is -0.497. The number of benzene rings is 2. The third-order valence-corrected chi connectivity index (χ3v) is 7.13. The van der Waals surface area contributed by atoms with E-state index in [0.717, 1.165) is 0 Å². The number of carbonyl (C=O) groups is 1. The van der Waals surface area contributed by atoms with Crippen LogP contribution in [0.15, 0.2) is 36.4 Å². The van der Waals surface area contributed by atoms with Gasteiger partial charge in [-0.05, 0) is 12.1 Å². The first kappa shape index (κ1) is 27.4. The van der Waals surface area contributed by atoms with Crippen molar-refractivity contribution in [2.24, 2.45) is 0 Å². The minimum Gasteiger partial charge on any atom is -0.395 e. The molecule has 38 heavy (non-hydrogen) atoms. The topological polar surface area (TPSA) is 157 Å². The van der Waals surface area contributed by atoms with Crippen LogP contribution in [0.1, 0.15) is 15.9 Å². The number of non-ortho nitro benzene ring substituents is 2. The second-order valence-corrected chi connectivity index (χ2v) is 9.35. The van der Waals surface area contributed by atoms with E-state index in [9.17, 15) is 35.2 Å². The van der Waals surface area contributed by atoms with E-state index in [0.29, 0.717) is 87.9 Å². The van der Waals surface area contributed by atoms with Crippen LogP contribution >= 0.6 is 0 Å². The zero-order valence-electron chi connectivity index (χ0n) is 21.1. The van der Waals surface area contributed by atoms with E-state index >= 15 is 0 Å². The number of rotatable bonds is 10. The van der Waals surface area contributed by atoms with Crippen LogP contribution in [0.3, 0.4) is 0 Å². The maximum atomic E-state index is 14.0. The van der Waals surface area contributed by atoms with Crippen LogP contribution in [-0.2, 0) is 0 Å². The third-order valence-electron chi connectivity index (χ3n) is 7.13. The monoisotopic (exact) mass is 528 g/mol. The molecule has 13 nitrogen and oxygen atoms in total. The smallest absolute Gasteiger partial charge is 0.271 e. The van der Waals surface area contributed by atoms with Crippen molar-refractivity contribution in [2.75, 3.05) is 88.5 Å². The highest BCUT2D eigenvalue weighted by molar-refractivity contribution is 6.15. The second kappa shape index (κ2) is 12.3. The van der Waals surface area contributed by atoms with Crippen LogP contribution < -0.4 is 9.80 Å². The van der Waals surface area contributed by atoms with Crippen molar-refractivity contribution in [2.45, 2.75) is 0 Å². The molecule has 0 spiro atoms.